The van der Waals surface area contributed by atoms with Crippen LogP contribution in [0.5, 0.6) is 0 Å². The van der Waals surface area contributed by atoms with Crippen molar-refractivity contribution in [2.45, 2.75) is 50.2 Å². The molecule has 0 saturated carbocycles. The van der Waals surface area contributed by atoms with E-state index in [1.165, 1.54) is 33.2 Å². The lowest BCUT2D eigenvalue weighted by Gasteiger charge is -2.32. The highest BCUT2D eigenvalue weighted by molar-refractivity contribution is 6.43. The van der Waals surface area contributed by atoms with Gasteiger partial charge in [0.15, 0.2) is 0 Å². The molecule has 1 aliphatic heterocycles. The fourth-order valence-corrected chi connectivity index (χ4v) is 5.50. The Balaban J connectivity index is 1.84. The Labute approximate surface area is 253 Å². The maximum Gasteiger partial charge on any atom is 0.416 e. The Morgan fingerprint density at radius 1 is 1.00 bits per heavy atom. The van der Waals surface area contributed by atoms with Gasteiger partial charge in [0.2, 0.25) is 5.91 Å². The zero-order valence-corrected chi connectivity index (χ0v) is 24.6. The molecule has 4 rings (SSSR count). The van der Waals surface area contributed by atoms with Gasteiger partial charge < -0.3 is 20.0 Å². The molecule has 14 heteroatoms. The number of likely N-dealkylation sites (N-methyl/N-ethyl adjacent to an activating group) is 1. The number of halogens is 8. The highest BCUT2D eigenvalue weighted by Crippen LogP contribution is 2.43. The van der Waals surface area contributed by atoms with E-state index < -0.39 is 52.5 Å². The van der Waals surface area contributed by atoms with E-state index in [-0.39, 0.29) is 41.4 Å². The van der Waals surface area contributed by atoms with E-state index in [0.29, 0.717) is 29.1 Å². The van der Waals surface area contributed by atoms with Gasteiger partial charge in [0.1, 0.15) is 5.82 Å². The lowest BCUT2D eigenvalue weighted by atomic mass is 9.81. The van der Waals surface area contributed by atoms with E-state index in [9.17, 15) is 41.4 Å². The molecule has 3 aromatic rings. The predicted molar refractivity (Wildman–Crippen MR) is 151 cm³/mol. The van der Waals surface area contributed by atoms with Gasteiger partial charge in [0.05, 0.1) is 57.2 Å². The summed E-state index contributed by atoms with van der Waals surface area (Å²) < 4.78 is 81.4. The second-order valence-electron chi connectivity index (χ2n) is 10.8. The summed E-state index contributed by atoms with van der Waals surface area (Å²) in [5, 5.41) is 20.3. The fraction of sp³-hybridized carbons (Fsp3) is 0.379. The minimum absolute atomic E-state index is 0.00457. The summed E-state index contributed by atoms with van der Waals surface area (Å²) in [4.78, 5) is 21.1. The molecule has 0 bridgehead atoms. The van der Waals surface area contributed by atoms with Crippen LogP contribution in [-0.2, 0) is 22.6 Å². The van der Waals surface area contributed by atoms with Crippen LogP contribution >= 0.6 is 23.2 Å². The molecule has 1 aromatic heterocycles. The molecular weight excluding hydrogens is 623 g/mol. The number of hydrogen-bond donors (Lipinski definition) is 2. The molecule has 2 aromatic carbocycles. The number of nitrogens with zero attached hydrogens (tertiary/aromatic N) is 3. The van der Waals surface area contributed by atoms with E-state index in [2.05, 4.69) is 4.98 Å². The van der Waals surface area contributed by atoms with E-state index in [1.54, 1.807) is 23.1 Å². The maximum absolute atomic E-state index is 13.9. The first-order chi connectivity index (χ1) is 19.9. The maximum atomic E-state index is 13.9. The minimum Gasteiger partial charge on any atom is -0.394 e. The third kappa shape index (κ3) is 6.57. The number of hydrogen-bond acceptors (Lipinski definition) is 5. The molecule has 0 spiro atoms. The zero-order valence-electron chi connectivity index (χ0n) is 23.1. The molecule has 43 heavy (non-hydrogen) atoms. The van der Waals surface area contributed by atoms with Crippen LogP contribution < -0.4 is 9.80 Å². The number of aromatic nitrogens is 1. The van der Waals surface area contributed by atoms with Crippen LogP contribution in [0.3, 0.4) is 0 Å². The topological polar surface area (TPSA) is 76.9 Å². The Hall–Kier alpha value is -3.06. The quantitative estimate of drug-likeness (QED) is 0.282. The Morgan fingerprint density at radius 2 is 1.58 bits per heavy atom. The number of aliphatic hydroxyl groups is 2. The molecule has 1 aliphatic rings. The summed E-state index contributed by atoms with van der Waals surface area (Å²) in [5.41, 5.74) is -4.62. The van der Waals surface area contributed by atoms with Crippen molar-refractivity contribution in [2.24, 2.45) is 0 Å². The van der Waals surface area contributed by atoms with Gasteiger partial charge in [0, 0.05) is 24.7 Å². The van der Waals surface area contributed by atoms with Gasteiger partial charge in [-0.1, -0.05) is 35.3 Å². The van der Waals surface area contributed by atoms with E-state index in [1.807, 2.05) is 0 Å². The highest BCUT2D eigenvalue weighted by Gasteiger charge is 2.41. The van der Waals surface area contributed by atoms with Gasteiger partial charge in [-0.2, -0.15) is 26.3 Å². The number of alkyl halides is 6. The van der Waals surface area contributed by atoms with Gasteiger partial charge in [0.25, 0.3) is 0 Å². The van der Waals surface area contributed by atoms with E-state index >= 15 is 0 Å². The monoisotopic (exact) mass is 649 g/mol. The lowest BCUT2D eigenvalue weighted by molar-refractivity contribution is -0.143. The largest absolute Gasteiger partial charge is 0.416 e. The zero-order chi connectivity index (χ0) is 32.1. The Kier molecular flexibility index (Phi) is 9.01. The average Bonchev–Trinajstić information content (AvgIpc) is 3.32. The first kappa shape index (κ1) is 32.8. The molecule has 2 heterocycles. The van der Waals surface area contributed by atoms with Crippen molar-refractivity contribution in [3.63, 3.8) is 0 Å². The summed E-state index contributed by atoms with van der Waals surface area (Å²) in [6, 6.07) is 6.95. The first-order valence-corrected chi connectivity index (χ1v) is 13.7. The average molecular weight is 650 g/mol. The second kappa shape index (κ2) is 11.8. The molecule has 2 atom stereocenters. The van der Waals surface area contributed by atoms with Gasteiger partial charge in [-0.3, -0.25) is 4.79 Å². The molecule has 1 amide bonds. The lowest BCUT2D eigenvalue weighted by Crippen LogP contribution is -2.42. The summed E-state index contributed by atoms with van der Waals surface area (Å²) in [6.07, 6.45) is -9.31. The number of rotatable bonds is 6. The Bertz CT molecular complexity index is 1500. The summed E-state index contributed by atoms with van der Waals surface area (Å²) in [5.74, 6) is -0.503. The van der Waals surface area contributed by atoms with Crippen LogP contribution in [0.2, 0.25) is 10.0 Å². The number of amides is 1. The Morgan fingerprint density at radius 3 is 2.14 bits per heavy atom. The second-order valence-corrected chi connectivity index (χ2v) is 11.6. The van der Waals surface area contributed by atoms with Gasteiger partial charge in [-0.15, -0.1) is 0 Å². The number of carbonyl (C=O) groups excluding carboxylic acids is 1. The van der Waals surface area contributed by atoms with Gasteiger partial charge >= 0.3 is 12.4 Å². The van der Waals surface area contributed by atoms with Crippen LogP contribution in [0.1, 0.15) is 37.0 Å². The number of carbonyl (C=O) groups is 1. The van der Waals surface area contributed by atoms with Crippen LogP contribution in [0.15, 0.2) is 48.7 Å². The summed E-state index contributed by atoms with van der Waals surface area (Å²) in [7, 11) is 1.32. The number of pyridine rings is 1. The first-order valence-electron chi connectivity index (χ1n) is 12.9. The van der Waals surface area contributed by atoms with Crippen molar-refractivity contribution in [1.82, 2.24) is 4.98 Å². The number of anilines is 2. The normalized spacial score (nSPS) is 17.8. The molecule has 0 radical (unpaired) electrons. The minimum atomic E-state index is -5.09. The van der Waals surface area contributed by atoms with Gasteiger partial charge in [-0.05, 0) is 56.2 Å². The van der Waals surface area contributed by atoms with Crippen molar-refractivity contribution in [3.05, 3.63) is 75.4 Å². The molecule has 0 aliphatic carbocycles. The van der Waals surface area contributed by atoms with Crippen LogP contribution in [0, 0.1) is 0 Å². The van der Waals surface area contributed by atoms with Gasteiger partial charge in [-0.25, -0.2) is 4.98 Å². The molecule has 1 saturated heterocycles. The molecule has 6 nitrogen and oxygen atoms in total. The smallest absolute Gasteiger partial charge is 0.394 e. The van der Waals surface area contributed by atoms with E-state index in [0.717, 1.165) is 4.90 Å². The van der Waals surface area contributed by atoms with Crippen molar-refractivity contribution in [3.8, 4) is 11.1 Å². The molecule has 2 N–H and O–H groups in total. The number of benzene rings is 2. The third-order valence-electron chi connectivity index (χ3n) is 7.52. The van der Waals surface area contributed by atoms with Crippen LogP contribution in [0.25, 0.3) is 11.1 Å². The molecule has 2 unspecified atom stereocenters. The number of aliphatic hydroxyl groups excluding tert-OH is 2. The van der Waals surface area contributed by atoms with Crippen molar-refractivity contribution in [1.29, 1.82) is 0 Å². The van der Waals surface area contributed by atoms with Crippen LogP contribution in [-0.4, -0.2) is 53.4 Å². The molecule has 1 fully saturated rings. The summed E-state index contributed by atoms with van der Waals surface area (Å²) in [6.45, 7) is 2.36. The van der Waals surface area contributed by atoms with Crippen molar-refractivity contribution in [2.75, 3.05) is 30.0 Å². The molecular formula is C29H27Cl2F6N3O3. The van der Waals surface area contributed by atoms with Crippen molar-refractivity contribution < 1.29 is 41.4 Å². The molecule has 232 valence electrons. The highest BCUT2D eigenvalue weighted by atomic mass is 35.5. The standard InChI is InChI=1S/C29H27Cl2F6N3O3/c1-27(2,15-7-16(28(32,33)34)9-17(8-15)29(35,36)37)26(43)39(3)23-12-38-24(40-13-19(42)10-18(40)14-41)11-21(23)20-5-4-6-22(30)25(20)31/h4-9,11-12,18-19,41-42H,10,13-14H2,1-3H3. The third-order valence-corrected chi connectivity index (χ3v) is 8.34. The predicted octanol–water partition coefficient (Wildman–Crippen LogP) is 6.97. The van der Waals surface area contributed by atoms with Crippen molar-refractivity contribution >= 4 is 40.6 Å². The van der Waals surface area contributed by atoms with Crippen LogP contribution in [0.4, 0.5) is 37.8 Å². The van der Waals surface area contributed by atoms with E-state index in [4.69, 9.17) is 23.2 Å². The fourth-order valence-electron chi connectivity index (χ4n) is 5.10. The SMILES string of the molecule is CN(C(=O)C(C)(C)c1cc(C(F)(F)F)cc(C(F)(F)F)c1)c1cnc(N2CC(O)CC2CO)cc1-c1cccc(Cl)c1Cl. The number of β-amino-alcohol motifs (C(OH)–C–C–N with tert-alkyl or cyclic N) is 1. The summed E-state index contributed by atoms with van der Waals surface area (Å²) >= 11 is 12.8.